The summed E-state index contributed by atoms with van der Waals surface area (Å²) in [6, 6.07) is 19.4. The highest BCUT2D eigenvalue weighted by Gasteiger charge is 2.43. The Morgan fingerprint density at radius 2 is 1.91 bits per heavy atom. The predicted molar refractivity (Wildman–Crippen MR) is 128 cm³/mol. The Morgan fingerprint density at radius 1 is 1.18 bits per heavy atom. The van der Waals surface area contributed by atoms with Crippen LogP contribution in [0.5, 0.6) is 11.6 Å². The van der Waals surface area contributed by atoms with Gasteiger partial charge in [0, 0.05) is 17.0 Å². The molecule has 34 heavy (non-hydrogen) atoms. The number of H-pyrrole nitrogens is 1. The number of nitrogens with one attached hydrogen (secondary N) is 2. The summed E-state index contributed by atoms with van der Waals surface area (Å²) in [6.07, 6.45) is 0. The van der Waals surface area contributed by atoms with Crippen molar-refractivity contribution < 1.29 is 9.47 Å². The number of hydrogen-bond donors (Lipinski definition) is 2. The zero-order valence-electron chi connectivity index (χ0n) is 18.5. The summed E-state index contributed by atoms with van der Waals surface area (Å²) in [5.41, 5.74) is 4.35. The van der Waals surface area contributed by atoms with Crippen molar-refractivity contribution in [1.82, 2.24) is 20.0 Å². The van der Waals surface area contributed by atoms with Crippen molar-refractivity contribution >= 4 is 17.5 Å². The van der Waals surface area contributed by atoms with Gasteiger partial charge in [-0.15, -0.1) is 5.10 Å². The first-order valence-electron chi connectivity index (χ1n) is 10.8. The van der Waals surface area contributed by atoms with Crippen molar-refractivity contribution in [1.29, 1.82) is 10.7 Å². The highest BCUT2D eigenvalue weighted by Crippen LogP contribution is 2.48. The van der Waals surface area contributed by atoms with Crippen LogP contribution < -0.4 is 9.47 Å². The predicted octanol–water partition coefficient (Wildman–Crippen LogP) is 5.26. The minimum absolute atomic E-state index is 0.173. The molecule has 5 rings (SSSR count). The molecular formula is C25H21ClN6O2. The van der Waals surface area contributed by atoms with E-state index in [0.29, 0.717) is 34.3 Å². The van der Waals surface area contributed by atoms with Gasteiger partial charge in [0.2, 0.25) is 11.8 Å². The van der Waals surface area contributed by atoms with E-state index in [2.05, 4.69) is 21.4 Å². The minimum Gasteiger partial charge on any atom is -0.494 e. The first kappa shape index (κ1) is 21.7. The zero-order valence-corrected chi connectivity index (χ0v) is 19.3. The van der Waals surface area contributed by atoms with Crippen molar-refractivity contribution in [2.24, 2.45) is 5.92 Å². The highest BCUT2D eigenvalue weighted by molar-refractivity contribution is 6.30. The fourth-order valence-corrected chi connectivity index (χ4v) is 4.73. The van der Waals surface area contributed by atoms with E-state index in [1.54, 1.807) is 4.68 Å². The van der Waals surface area contributed by atoms with Crippen molar-refractivity contribution in [2.45, 2.75) is 19.8 Å². The molecule has 1 aliphatic rings. The van der Waals surface area contributed by atoms with Gasteiger partial charge in [0.05, 0.1) is 35.3 Å². The van der Waals surface area contributed by atoms with Gasteiger partial charge in [0.15, 0.2) is 0 Å². The average molecular weight is 473 g/mol. The Labute approximate surface area is 201 Å². The zero-order chi connectivity index (χ0) is 23.8. The molecule has 2 aromatic heterocycles. The van der Waals surface area contributed by atoms with Crippen LogP contribution in [0.2, 0.25) is 5.15 Å². The molecule has 3 heterocycles. The van der Waals surface area contributed by atoms with Gasteiger partial charge in [-0.2, -0.15) is 10.4 Å². The number of hydrogen-bond acceptors (Lipinski definition) is 6. The lowest BCUT2D eigenvalue weighted by molar-refractivity contribution is 0.340. The summed E-state index contributed by atoms with van der Waals surface area (Å²) in [6.45, 7) is 4.36. The number of nitrogens with zero attached hydrogens (tertiary/aromatic N) is 4. The largest absolute Gasteiger partial charge is 0.494 e. The van der Waals surface area contributed by atoms with Gasteiger partial charge in [-0.3, -0.25) is 10.5 Å². The third kappa shape index (κ3) is 3.51. The van der Waals surface area contributed by atoms with Crippen molar-refractivity contribution in [3.63, 3.8) is 0 Å². The summed E-state index contributed by atoms with van der Waals surface area (Å²) in [5.74, 6) is -0.643. The molecule has 0 fully saturated rings. The van der Waals surface area contributed by atoms with Crippen LogP contribution in [0.1, 0.15) is 29.7 Å². The van der Waals surface area contributed by atoms with Gasteiger partial charge in [0.1, 0.15) is 16.8 Å². The Hall–Kier alpha value is -4.09. The van der Waals surface area contributed by atoms with E-state index in [1.165, 1.54) is 0 Å². The summed E-state index contributed by atoms with van der Waals surface area (Å²) >= 11 is 6.89. The Morgan fingerprint density at radius 3 is 2.59 bits per heavy atom. The normalized spacial score (nSPS) is 17.1. The number of nitriles is 1. The average Bonchev–Trinajstić information content (AvgIpc) is 3.39. The van der Waals surface area contributed by atoms with Crippen molar-refractivity contribution in [3.05, 3.63) is 76.6 Å². The smallest absolute Gasteiger partial charge is 0.244 e. The van der Waals surface area contributed by atoms with Gasteiger partial charge in [0.25, 0.3) is 0 Å². The van der Waals surface area contributed by atoms with Gasteiger partial charge < -0.3 is 9.47 Å². The number of ether oxygens (including phenoxy) is 2. The lowest BCUT2D eigenvalue weighted by Crippen LogP contribution is -2.31. The molecule has 0 saturated carbocycles. The molecule has 2 atom stereocenters. The molecule has 170 valence electrons. The minimum atomic E-state index is -0.892. The molecule has 0 bridgehead atoms. The second kappa shape index (κ2) is 8.69. The lowest BCUT2D eigenvalue weighted by atomic mass is 9.79. The van der Waals surface area contributed by atoms with Crippen LogP contribution >= 0.6 is 11.6 Å². The van der Waals surface area contributed by atoms with Gasteiger partial charge in [-0.25, -0.2) is 4.68 Å². The molecule has 1 aliphatic heterocycles. The second-order valence-electron chi connectivity index (χ2n) is 7.86. The molecule has 0 amide bonds. The quantitative estimate of drug-likeness (QED) is 0.411. The third-order valence-electron chi connectivity index (χ3n) is 5.86. The molecule has 2 N–H and O–H groups in total. The van der Waals surface area contributed by atoms with E-state index in [9.17, 15) is 5.26 Å². The number of halogens is 1. The van der Waals surface area contributed by atoms with E-state index in [4.69, 9.17) is 26.5 Å². The Bertz CT molecular complexity index is 1400. The standard InChI is InChI=1S/C25H21ClN6O2/c1-3-33-17-11-9-15(10-12-17)22-21-20(18(13-27)24(28)34-25(21)30-29-22)19-14(2)31-32(23(19)26)16-7-5-4-6-8-16/h4-12,18,20,28H,3H2,1-2H3,(H,29,30). The maximum absolute atomic E-state index is 10.0. The number of para-hydroxylation sites is 1. The maximum Gasteiger partial charge on any atom is 0.244 e. The van der Waals surface area contributed by atoms with Crippen LogP contribution in [-0.2, 0) is 0 Å². The van der Waals surface area contributed by atoms with Gasteiger partial charge in [-0.05, 0) is 50.2 Å². The van der Waals surface area contributed by atoms with Crippen LogP contribution in [0.3, 0.4) is 0 Å². The number of rotatable bonds is 5. The number of aryl methyl sites for hydroxylation is 1. The number of benzene rings is 2. The van der Waals surface area contributed by atoms with Crippen LogP contribution in [0.25, 0.3) is 16.9 Å². The summed E-state index contributed by atoms with van der Waals surface area (Å²) in [7, 11) is 0. The van der Waals surface area contributed by atoms with E-state index in [0.717, 1.165) is 17.0 Å². The molecule has 0 saturated heterocycles. The highest BCUT2D eigenvalue weighted by atomic mass is 35.5. The van der Waals surface area contributed by atoms with Crippen LogP contribution in [0, 0.1) is 29.6 Å². The second-order valence-corrected chi connectivity index (χ2v) is 8.22. The fraction of sp³-hybridized carbons (Fsp3) is 0.200. The Kier molecular flexibility index (Phi) is 5.56. The third-order valence-corrected chi connectivity index (χ3v) is 6.22. The van der Waals surface area contributed by atoms with Gasteiger partial charge >= 0.3 is 0 Å². The van der Waals surface area contributed by atoms with Crippen LogP contribution in [0.15, 0.2) is 54.6 Å². The topological polar surface area (TPSA) is 113 Å². The van der Waals surface area contributed by atoms with Gasteiger partial charge in [-0.1, -0.05) is 29.8 Å². The molecule has 8 nitrogen and oxygen atoms in total. The number of aromatic amines is 1. The van der Waals surface area contributed by atoms with Crippen LogP contribution in [0.4, 0.5) is 0 Å². The molecular weight excluding hydrogens is 452 g/mol. The van der Waals surface area contributed by atoms with E-state index in [-0.39, 0.29) is 11.8 Å². The Balaban J connectivity index is 1.69. The molecule has 2 unspecified atom stereocenters. The molecule has 0 aliphatic carbocycles. The molecule has 0 radical (unpaired) electrons. The molecule has 0 spiro atoms. The number of aromatic nitrogens is 4. The molecule has 4 aromatic rings. The molecule has 9 heteroatoms. The summed E-state index contributed by atoms with van der Waals surface area (Å²) in [5, 5.41) is 30.8. The van der Waals surface area contributed by atoms with Crippen molar-refractivity contribution in [3.8, 4) is 34.6 Å². The SMILES string of the molecule is CCOc1ccc(-c2[nH]nc3c2C(c2c(C)nn(-c4ccccc4)c2Cl)C(C#N)C(=N)O3)cc1. The fourth-order valence-electron chi connectivity index (χ4n) is 4.34. The lowest BCUT2D eigenvalue weighted by Gasteiger charge is -2.28. The van der Waals surface area contributed by atoms with E-state index < -0.39 is 11.8 Å². The first-order valence-corrected chi connectivity index (χ1v) is 11.2. The molecule has 2 aromatic carbocycles. The number of fused-ring (bicyclic) bond motifs is 1. The van der Waals surface area contributed by atoms with E-state index >= 15 is 0 Å². The van der Waals surface area contributed by atoms with Crippen molar-refractivity contribution in [2.75, 3.05) is 6.61 Å². The summed E-state index contributed by atoms with van der Waals surface area (Å²) < 4.78 is 12.9. The summed E-state index contributed by atoms with van der Waals surface area (Å²) in [4.78, 5) is 0. The maximum atomic E-state index is 10.0. The van der Waals surface area contributed by atoms with Crippen LogP contribution in [-0.4, -0.2) is 32.5 Å². The monoisotopic (exact) mass is 472 g/mol. The van der Waals surface area contributed by atoms with E-state index in [1.807, 2.05) is 68.4 Å². The first-order chi connectivity index (χ1) is 16.5.